The van der Waals surface area contributed by atoms with Gasteiger partial charge in [0.1, 0.15) is 17.1 Å². The zero-order valence-electron chi connectivity index (χ0n) is 14.2. The Morgan fingerprint density at radius 3 is 2.93 bits per heavy atom. The number of amides is 1. The van der Waals surface area contributed by atoms with E-state index < -0.39 is 12.0 Å². The normalized spacial score (nSPS) is 28.2. The van der Waals surface area contributed by atoms with Crippen LogP contribution < -0.4 is 11.1 Å². The van der Waals surface area contributed by atoms with E-state index in [4.69, 9.17) is 23.2 Å². The summed E-state index contributed by atoms with van der Waals surface area (Å²) in [5.74, 6) is -0.643. The molecule has 3 heterocycles. The number of nitriles is 1. The Bertz CT molecular complexity index is 940. The van der Waals surface area contributed by atoms with Gasteiger partial charge in [0.15, 0.2) is 4.34 Å². The summed E-state index contributed by atoms with van der Waals surface area (Å²) in [5, 5.41) is 29.3. The molecule has 3 aliphatic rings. The molecule has 4 atom stereocenters. The number of nitrogens with two attached hydrogens (primary N) is 1. The summed E-state index contributed by atoms with van der Waals surface area (Å²) in [7, 11) is 0. The first-order valence-electron chi connectivity index (χ1n) is 8.22. The number of β-lactam (4-membered cyclic amide) rings is 1. The molecular weight excluding hydrogens is 440 g/mol. The van der Waals surface area contributed by atoms with Gasteiger partial charge in [0, 0.05) is 17.4 Å². The zero-order chi connectivity index (χ0) is 20.0. The van der Waals surface area contributed by atoms with E-state index in [0.717, 1.165) is 0 Å². The first-order chi connectivity index (χ1) is 13.4. The molecule has 0 spiro atoms. The van der Waals surface area contributed by atoms with Crippen molar-refractivity contribution in [3.05, 3.63) is 11.3 Å². The fraction of sp³-hybridized carbons (Fsp3) is 0.467. The Morgan fingerprint density at radius 2 is 2.32 bits per heavy atom. The van der Waals surface area contributed by atoms with E-state index in [9.17, 15) is 14.7 Å². The SMILES string of the molecule is N#C[C@@H]1C[C@@H]1C(=S)NC1C(=O)N2C(C(=O)O)=C(CSc3nnc(N)s3)CS[C@@H]12. The highest BCUT2D eigenvalue weighted by molar-refractivity contribution is 8.01. The summed E-state index contributed by atoms with van der Waals surface area (Å²) in [5.41, 5.74) is 6.25. The third-order valence-electron chi connectivity index (χ3n) is 4.63. The summed E-state index contributed by atoms with van der Waals surface area (Å²) >= 11 is 9.40. The summed E-state index contributed by atoms with van der Waals surface area (Å²) in [6, 6.07) is 1.62. The third-order valence-corrected chi connectivity index (χ3v) is 8.36. The molecular formula is C15H14N6O3S4. The van der Waals surface area contributed by atoms with Crippen LogP contribution in [0.5, 0.6) is 0 Å². The third kappa shape index (κ3) is 3.45. The van der Waals surface area contributed by atoms with Crippen LogP contribution >= 0.6 is 47.1 Å². The van der Waals surface area contributed by atoms with Gasteiger partial charge in [-0.1, -0.05) is 35.3 Å². The standard InChI is InChI=1S/C15H14N6O3S4/c16-2-5-1-7(5)10(25)18-8-11(22)21-9(13(23)24)6(3-26-12(8)21)4-27-15-20-19-14(17)28-15/h5,7-8,12H,1,3-4H2,(H2,17,19)(H,18,25)(H,23,24)/t5-,7-,8?,12-/m0/s1. The lowest BCUT2D eigenvalue weighted by Crippen LogP contribution is -2.70. The highest BCUT2D eigenvalue weighted by Crippen LogP contribution is 2.43. The fourth-order valence-electron chi connectivity index (χ4n) is 3.11. The Hall–Kier alpha value is -1.88. The van der Waals surface area contributed by atoms with Crippen molar-refractivity contribution in [2.45, 2.75) is 22.2 Å². The van der Waals surface area contributed by atoms with Gasteiger partial charge in [-0.25, -0.2) is 4.79 Å². The molecule has 1 saturated carbocycles. The molecule has 1 amide bonds. The molecule has 2 fully saturated rings. The van der Waals surface area contributed by atoms with Crippen LogP contribution in [0.15, 0.2) is 15.6 Å². The number of nitrogen functional groups attached to an aromatic ring is 1. The van der Waals surface area contributed by atoms with Crippen LogP contribution in [0.2, 0.25) is 0 Å². The second kappa shape index (κ2) is 7.51. The highest BCUT2D eigenvalue weighted by atomic mass is 32.2. The van der Waals surface area contributed by atoms with E-state index in [1.54, 1.807) is 0 Å². The van der Waals surface area contributed by atoms with Gasteiger partial charge in [-0.15, -0.1) is 22.0 Å². The number of hydrogen-bond donors (Lipinski definition) is 3. The zero-order valence-corrected chi connectivity index (χ0v) is 17.5. The lowest BCUT2D eigenvalue weighted by atomic mass is 10.0. The summed E-state index contributed by atoms with van der Waals surface area (Å²) in [4.78, 5) is 26.3. The Balaban J connectivity index is 1.45. The maximum Gasteiger partial charge on any atom is 0.352 e. The van der Waals surface area contributed by atoms with Crippen LogP contribution in [0.3, 0.4) is 0 Å². The molecule has 1 aromatic heterocycles. The van der Waals surface area contributed by atoms with E-state index in [-0.39, 0.29) is 28.8 Å². The minimum atomic E-state index is -1.13. The molecule has 9 nitrogen and oxygen atoms in total. The number of fused-ring (bicyclic) bond motifs is 1. The van der Waals surface area contributed by atoms with Crippen LogP contribution in [0.4, 0.5) is 5.13 Å². The number of thioether (sulfide) groups is 2. The molecule has 146 valence electrons. The predicted octanol–water partition coefficient (Wildman–Crippen LogP) is 0.911. The molecule has 0 radical (unpaired) electrons. The maximum atomic E-state index is 12.6. The van der Waals surface area contributed by atoms with Gasteiger partial charge in [-0.2, -0.15) is 5.26 Å². The van der Waals surface area contributed by atoms with Crippen molar-refractivity contribution in [2.75, 3.05) is 17.2 Å². The second-order valence-corrected chi connectivity index (χ2v) is 10.2. The average molecular weight is 455 g/mol. The lowest BCUT2D eigenvalue weighted by Gasteiger charge is -2.49. The van der Waals surface area contributed by atoms with E-state index in [1.165, 1.54) is 39.8 Å². The van der Waals surface area contributed by atoms with Gasteiger partial charge in [-0.05, 0) is 12.0 Å². The maximum absolute atomic E-state index is 12.6. The number of carbonyl (C=O) groups excluding carboxylic acids is 1. The minimum Gasteiger partial charge on any atom is -0.477 e. The van der Waals surface area contributed by atoms with Crippen LogP contribution in [-0.4, -0.2) is 60.0 Å². The average Bonchev–Trinajstić information content (AvgIpc) is 3.36. The van der Waals surface area contributed by atoms with Gasteiger partial charge >= 0.3 is 5.97 Å². The number of thiocarbonyl (C=S) groups is 1. The Morgan fingerprint density at radius 1 is 1.54 bits per heavy atom. The minimum absolute atomic E-state index is 0.00349. The summed E-state index contributed by atoms with van der Waals surface area (Å²) < 4.78 is 0.651. The lowest BCUT2D eigenvalue weighted by molar-refractivity contribution is -0.148. The summed E-state index contributed by atoms with van der Waals surface area (Å²) in [6.45, 7) is 0. The number of aliphatic carboxylic acids is 1. The Kier molecular flexibility index (Phi) is 5.21. The number of anilines is 1. The first kappa shape index (κ1) is 19.4. The van der Waals surface area contributed by atoms with Crippen molar-refractivity contribution in [3.8, 4) is 6.07 Å². The molecule has 2 aliphatic heterocycles. The number of aromatic nitrogens is 2. The number of nitrogens with one attached hydrogen (secondary N) is 1. The number of rotatable bonds is 6. The van der Waals surface area contributed by atoms with Crippen molar-refractivity contribution in [2.24, 2.45) is 11.8 Å². The van der Waals surface area contributed by atoms with Gasteiger partial charge in [0.2, 0.25) is 5.13 Å². The van der Waals surface area contributed by atoms with Gasteiger partial charge < -0.3 is 16.2 Å². The Labute approximate surface area is 177 Å². The number of carbonyl (C=O) groups is 2. The van der Waals surface area contributed by atoms with Crippen molar-refractivity contribution in [1.82, 2.24) is 20.4 Å². The molecule has 0 bridgehead atoms. The molecule has 1 aromatic rings. The van der Waals surface area contributed by atoms with E-state index >= 15 is 0 Å². The van der Waals surface area contributed by atoms with Crippen LogP contribution in [0.1, 0.15) is 6.42 Å². The predicted molar refractivity (Wildman–Crippen MR) is 110 cm³/mol. The van der Waals surface area contributed by atoms with E-state index in [0.29, 0.717) is 38.0 Å². The van der Waals surface area contributed by atoms with Gasteiger partial charge in [0.25, 0.3) is 5.91 Å². The molecule has 28 heavy (non-hydrogen) atoms. The molecule has 0 aromatic carbocycles. The molecule has 4 rings (SSSR count). The second-order valence-electron chi connectivity index (χ2n) is 6.43. The number of nitrogens with zero attached hydrogens (tertiary/aromatic N) is 4. The van der Waals surface area contributed by atoms with Crippen LogP contribution in [-0.2, 0) is 9.59 Å². The van der Waals surface area contributed by atoms with E-state index in [1.807, 2.05) is 0 Å². The number of carboxylic acids is 1. The molecule has 1 saturated heterocycles. The quantitative estimate of drug-likeness (QED) is 0.320. The van der Waals surface area contributed by atoms with Crippen molar-refractivity contribution in [3.63, 3.8) is 0 Å². The molecule has 1 unspecified atom stereocenters. The van der Waals surface area contributed by atoms with Crippen molar-refractivity contribution < 1.29 is 14.7 Å². The summed E-state index contributed by atoms with van der Waals surface area (Å²) in [6.07, 6.45) is 0.711. The molecule has 1 aliphatic carbocycles. The molecule has 4 N–H and O–H groups in total. The van der Waals surface area contributed by atoms with Crippen LogP contribution in [0.25, 0.3) is 0 Å². The van der Waals surface area contributed by atoms with Crippen molar-refractivity contribution in [1.29, 1.82) is 5.26 Å². The highest BCUT2D eigenvalue weighted by Gasteiger charge is 2.55. The van der Waals surface area contributed by atoms with Crippen LogP contribution in [0, 0.1) is 23.2 Å². The van der Waals surface area contributed by atoms with Crippen molar-refractivity contribution >= 4 is 69.1 Å². The fourth-order valence-corrected chi connectivity index (χ4v) is 6.62. The van der Waals surface area contributed by atoms with E-state index in [2.05, 4.69) is 21.6 Å². The topological polar surface area (TPSA) is 145 Å². The smallest absolute Gasteiger partial charge is 0.352 e. The largest absolute Gasteiger partial charge is 0.477 e. The van der Waals surface area contributed by atoms with Gasteiger partial charge in [0.05, 0.1) is 17.0 Å². The molecule has 13 heteroatoms. The monoisotopic (exact) mass is 454 g/mol. The number of hydrogen-bond acceptors (Lipinski definition) is 10. The number of carboxylic acid groups (broad SMARTS) is 1. The first-order valence-corrected chi connectivity index (χ1v) is 11.5. The van der Waals surface area contributed by atoms with Gasteiger partial charge in [-0.3, -0.25) is 9.69 Å².